The summed E-state index contributed by atoms with van der Waals surface area (Å²) in [6.07, 6.45) is 0. The first kappa shape index (κ1) is 7.65. The van der Waals surface area contributed by atoms with Gasteiger partial charge in [0.15, 0.2) is 0 Å². The zero-order chi connectivity index (χ0) is 7.52. The molecule has 0 aliphatic carbocycles. The third kappa shape index (κ3) is 1.78. The molecule has 1 saturated heterocycles. The van der Waals surface area contributed by atoms with Gasteiger partial charge >= 0.3 is 0 Å². The number of thioether (sulfide) groups is 1. The molecule has 0 spiro atoms. The average Bonchev–Trinajstić information content (AvgIpc) is 2.58. The second kappa shape index (κ2) is 3.61. The average molecular weight is 185 g/mol. The highest BCUT2D eigenvalue weighted by Crippen LogP contribution is 2.24. The van der Waals surface area contributed by atoms with Crippen LogP contribution in [0.1, 0.15) is 10.9 Å². The first-order valence-corrected chi connectivity index (χ1v) is 5.85. The maximum atomic E-state index is 3.51. The lowest BCUT2D eigenvalue weighted by molar-refractivity contribution is 0.604. The van der Waals surface area contributed by atoms with E-state index in [0.717, 1.165) is 6.54 Å². The highest BCUT2D eigenvalue weighted by atomic mass is 32.2. The Labute approximate surface area is 75.2 Å². The molecule has 1 N–H and O–H groups in total. The van der Waals surface area contributed by atoms with Gasteiger partial charge in [-0.1, -0.05) is 6.07 Å². The van der Waals surface area contributed by atoms with Gasteiger partial charge in [-0.3, -0.25) is 0 Å². The van der Waals surface area contributed by atoms with Gasteiger partial charge in [-0.25, -0.2) is 0 Å². The van der Waals surface area contributed by atoms with E-state index >= 15 is 0 Å². The quantitative estimate of drug-likeness (QED) is 0.719. The number of hydrogen-bond acceptors (Lipinski definition) is 3. The SMILES string of the molecule is c1csc([C@@H]2CSCCN2)c1. The molecule has 0 amide bonds. The zero-order valence-corrected chi connectivity index (χ0v) is 7.88. The van der Waals surface area contributed by atoms with E-state index in [2.05, 4.69) is 22.8 Å². The van der Waals surface area contributed by atoms with Gasteiger partial charge in [-0.15, -0.1) is 11.3 Å². The fourth-order valence-corrected chi connectivity index (χ4v) is 3.11. The number of rotatable bonds is 1. The molecule has 0 bridgehead atoms. The fraction of sp³-hybridized carbons (Fsp3) is 0.500. The zero-order valence-electron chi connectivity index (χ0n) is 6.25. The van der Waals surface area contributed by atoms with Crippen LogP contribution in [0, 0.1) is 0 Å². The minimum atomic E-state index is 0.619. The molecule has 0 unspecified atom stereocenters. The van der Waals surface area contributed by atoms with Crippen molar-refractivity contribution in [1.82, 2.24) is 5.32 Å². The van der Waals surface area contributed by atoms with Crippen LogP contribution in [0.5, 0.6) is 0 Å². The Morgan fingerprint density at radius 2 is 2.55 bits per heavy atom. The summed E-state index contributed by atoms with van der Waals surface area (Å²) in [6.45, 7) is 1.16. The summed E-state index contributed by atoms with van der Waals surface area (Å²) >= 11 is 3.90. The summed E-state index contributed by atoms with van der Waals surface area (Å²) < 4.78 is 0. The van der Waals surface area contributed by atoms with Crippen LogP contribution in [0.25, 0.3) is 0 Å². The summed E-state index contributed by atoms with van der Waals surface area (Å²) in [5.41, 5.74) is 0. The molecule has 1 fully saturated rings. The Kier molecular flexibility index (Phi) is 2.51. The van der Waals surface area contributed by atoms with Crippen LogP contribution in [0.3, 0.4) is 0 Å². The van der Waals surface area contributed by atoms with E-state index in [1.807, 2.05) is 23.1 Å². The van der Waals surface area contributed by atoms with Crippen LogP contribution in [0.15, 0.2) is 17.5 Å². The van der Waals surface area contributed by atoms with Crippen molar-refractivity contribution in [2.75, 3.05) is 18.1 Å². The fourth-order valence-electron chi connectivity index (χ4n) is 1.24. The van der Waals surface area contributed by atoms with Crippen LogP contribution in [-0.4, -0.2) is 18.1 Å². The molecule has 1 atom stereocenters. The Morgan fingerprint density at radius 3 is 3.18 bits per heavy atom. The van der Waals surface area contributed by atoms with Crippen molar-refractivity contribution in [2.24, 2.45) is 0 Å². The Hall–Kier alpha value is 0.01000. The Bertz CT molecular complexity index is 202. The molecule has 11 heavy (non-hydrogen) atoms. The number of thiophene rings is 1. The van der Waals surface area contributed by atoms with Gasteiger partial charge < -0.3 is 5.32 Å². The molecule has 1 aromatic rings. The topological polar surface area (TPSA) is 12.0 Å². The van der Waals surface area contributed by atoms with E-state index in [-0.39, 0.29) is 0 Å². The Morgan fingerprint density at radius 1 is 1.55 bits per heavy atom. The van der Waals surface area contributed by atoms with E-state index < -0.39 is 0 Å². The Balaban J connectivity index is 2.04. The maximum absolute atomic E-state index is 3.51. The highest BCUT2D eigenvalue weighted by molar-refractivity contribution is 7.99. The van der Waals surface area contributed by atoms with Crippen LogP contribution >= 0.6 is 23.1 Å². The van der Waals surface area contributed by atoms with Gasteiger partial charge in [0.25, 0.3) is 0 Å². The largest absolute Gasteiger partial charge is 0.308 e. The van der Waals surface area contributed by atoms with Crippen molar-refractivity contribution >= 4 is 23.1 Å². The summed E-state index contributed by atoms with van der Waals surface area (Å²) in [5, 5.41) is 5.66. The predicted octanol–water partition coefficient (Wildman–Crippen LogP) is 2.13. The molecule has 2 rings (SSSR count). The molecule has 2 heterocycles. The van der Waals surface area contributed by atoms with E-state index in [4.69, 9.17) is 0 Å². The third-order valence-corrected chi connectivity index (χ3v) is 3.86. The molecule has 1 aromatic heterocycles. The molecule has 0 saturated carbocycles. The third-order valence-electron chi connectivity index (χ3n) is 1.81. The van der Waals surface area contributed by atoms with Crippen molar-refractivity contribution in [3.8, 4) is 0 Å². The van der Waals surface area contributed by atoms with Crippen molar-refractivity contribution in [2.45, 2.75) is 6.04 Å². The second-order valence-corrected chi connectivity index (χ2v) is 4.73. The molecule has 1 nitrogen and oxygen atoms in total. The molecular formula is C8H11NS2. The lowest BCUT2D eigenvalue weighted by Gasteiger charge is -2.21. The second-order valence-electron chi connectivity index (χ2n) is 2.60. The smallest absolute Gasteiger partial charge is 0.0506 e. The molecule has 1 aliphatic rings. The lowest BCUT2D eigenvalue weighted by Crippen LogP contribution is -2.29. The minimum absolute atomic E-state index is 0.619. The minimum Gasteiger partial charge on any atom is -0.308 e. The molecule has 60 valence electrons. The van der Waals surface area contributed by atoms with E-state index in [1.54, 1.807) is 0 Å². The van der Waals surface area contributed by atoms with Gasteiger partial charge in [-0.05, 0) is 11.4 Å². The first-order chi connectivity index (χ1) is 5.47. The van der Waals surface area contributed by atoms with E-state index in [0.29, 0.717) is 6.04 Å². The van der Waals surface area contributed by atoms with Crippen molar-refractivity contribution in [3.05, 3.63) is 22.4 Å². The number of nitrogens with one attached hydrogen (secondary N) is 1. The van der Waals surface area contributed by atoms with Crippen LogP contribution in [0.4, 0.5) is 0 Å². The van der Waals surface area contributed by atoms with Crippen molar-refractivity contribution in [3.63, 3.8) is 0 Å². The summed E-state index contributed by atoms with van der Waals surface area (Å²) in [6, 6.07) is 4.96. The van der Waals surface area contributed by atoms with Crippen LogP contribution in [0.2, 0.25) is 0 Å². The monoisotopic (exact) mass is 185 g/mol. The molecule has 0 aromatic carbocycles. The standard InChI is InChI=1S/C8H11NS2/c1-2-8(11-4-1)7-6-10-5-3-9-7/h1-2,4,7,9H,3,5-6H2/t7-/m0/s1. The lowest BCUT2D eigenvalue weighted by atomic mass is 10.3. The van der Waals surface area contributed by atoms with Gasteiger partial charge in [0.05, 0.1) is 6.04 Å². The summed E-state index contributed by atoms with van der Waals surface area (Å²) in [7, 11) is 0. The first-order valence-electron chi connectivity index (χ1n) is 3.81. The molecule has 3 heteroatoms. The van der Waals surface area contributed by atoms with Crippen LogP contribution < -0.4 is 5.32 Å². The maximum Gasteiger partial charge on any atom is 0.0506 e. The van der Waals surface area contributed by atoms with Gasteiger partial charge in [0, 0.05) is 22.9 Å². The van der Waals surface area contributed by atoms with E-state index in [9.17, 15) is 0 Å². The normalized spacial score (nSPS) is 25.3. The summed E-state index contributed by atoms with van der Waals surface area (Å²) in [5.74, 6) is 2.50. The van der Waals surface area contributed by atoms with Gasteiger partial charge in [-0.2, -0.15) is 11.8 Å². The van der Waals surface area contributed by atoms with Crippen LogP contribution in [-0.2, 0) is 0 Å². The molecule has 1 aliphatic heterocycles. The van der Waals surface area contributed by atoms with Gasteiger partial charge in [0.2, 0.25) is 0 Å². The molecule has 0 radical (unpaired) electrons. The predicted molar refractivity (Wildman–Crippen MR) is 52.4 cm³/mol. The van der Waals surface area contributed by atoms with Crippen molar-refractivity contribution < 1.29 is 0 Å². The van der Waals surface area contributed by atoms with E-state index in [1.165, 1.54) is 16.4 Å². The molecular weight excluding hydrogens is 174 g/mol. The summed E-state index contributed by atoms with van der Waals surface area (Å²) in [4.78, 5) is 1.48. The number of hydrogen-bond donors (Lipinski definition) is 1. The van der Waals surface area contributed by atoms with Gasteiger partial charge in [0.1, 0.15) is 0 Å². The van der Waals surface area contributed by atoms with Crippen molar-refractivity contribution in [1.29, 1.82) is 0 Å². The highest BCUT2D eigenvalue weighted by Gasteiger charge is 2.14.